The van der Waals surface area contributed by atoms with Crippen LogP contribution in [0.1, 0.15) is 78.1 Å². The van der Waals surface area contributed by atoms with Crippen LogP contribution in [-0.4, -0.2) is 15.9 Å². The number of phosphoric ester groups is 1. The van der Waals surface area contributed by atoms with Crippen LogP contribution in [0.15, 0.2) is 0 Å². The number of hydrogen-bond donors (Lipinski definition) is 2. The molecule has 0 atom stereocenters. The van der Waals surface area contributed by atoms with Crippen LogP contribution in [0.4, 0.5) is 0 Å². The number of rotatable bonds is 8. The third-order valence-electron chi connectivity index (χ3n) is 4.40. The van der Waals surface area contributed by atoms with Crippen molar-refractivity contribution in [2.24, 2.45) is 5.41 Å². The van der Waals surface area contributed by atoms with Gasteiger partial charge in [0.05, 0.1) is 6.10 Å². The minimum atomic E-state index is -4.32. The zero-order chi connectivity index (χ0) is 14.4. The molecule has 1 aliphatic rings. The molecule has 0 saturated heterocycles. The molecule has 0 aromatic rings. The average molecular weight is 292 g/mol. The standard InChI is InChI=1S/C14H29O4P/c1-3-5-9-14(10-6-4-2)11-7-13(8-12-14)18-19(15,16)17/h13H,3-12H2,1-2H3,(H2,15,16,17). The Bertz CT molecular complexity index is 282. The van der Waals surface area contributed by atoms with E-state index in [1.807, 2.05) is 0 Å². The second-order valence-corrected chi connectivity index (χ2v) is 7.19. The maximum absolute atomic E-state index is 10.9. The molecule has 0 amide bonds. The zero-order valence-corrected chi connectivity index (χ0v) is 13.2. The summed E-state index contributed by atoms with van der Waals surface area (Å²) in [6.45, 7) is 4.44. The Kier molecular flexibility index (Phi) is 7.02. The SMILES string of the molecule is CCCCC1(CCCC)CCC(OP(=O)(O)O)CC1. The Hall–Kier alpha value is 0.110. The summed E-state index contributed by atoms with van der Waals surface area (Å²) in [5, 5.41) is 0. The Morgan fingerprint density at radius 2 is 1.58 bits per heavy atom. The first-order chi connectivity index (χ1) is 8.91. The molecule has 1 saturated carbocycles. The number of hydrogen-bond acceptors (Lipinski definition) is 2. The molecule has 0 aromatic carbocycles. The molecule has 0 spiro atoms. The highest BCUT2D eigenvalue weighted by Crippen LogP contribution is 2.48. The second kappa shape index (κ2) is 7.78. The Labute approximate surface area is 117 Å². The van der Waals surface area contributed by atoms with Crippen molar-refractivity contribution >= 4 is 7.82 Å². The van der Waals surface area contributed by atoms with Gasteiger partial charge < -0.3 is 9.79 Å². The number of phosphoric acid groups is 1. The van der Waals surface area contributed by atoms with E-state index in [1.165, 1.54) is 38.5 Å². The van der Waals surface area contributed by atoms with Crippen molar-refractivity contribution in [2.75, 3.05) is 0 Å². The van der Waals surface area contributed by atoms with E-state index in [1.54, 1.807) is 0 Å². The minimum Gasteiger partial charge on any atom is -0.303 e. The van der Waals surface area contributed by atoms with Crippen LogP contribution < -0.4 is 0 Å². The van der Waals surface area contributed by atoms with Gasteiger partial charge in [-0.1, -0.05) is 39.5 Å². The summed E-state index contributed by atoms with van der Waals surface area (Å²) in [6, 6.07) is 0. The first-order valence-electron chi connectivity index (χ1n) is 7.65. The average Bonchev–Trinajstić information content (AvgIpc) is 2.35. The molecule has 0 radical (unpaired) electrons. The fourth-order valence-corrected chi connectivity index (χ4v) is 3.83. The summed E-state index contributed by atoms with van der Waals surface area (Å²) in [7, 11) is -4.32. The third kappa shape index (κ3) is 6.40. The van der Waals surface area contributed by atoms with Crippen molar-refractivity contribution in [2.45, 2.75) is 84.2 Å². The molecule has 1 rings (SSSR count). The van der Waals surface area contributed by atoms with E-state index < -0.39 is 7.82 Å². The molecular weight excluding hydrogens is 263 g/mol. The van der Waals surface area contributed by atoms with Gasteiger partial charge in [0.25, 0.3) is 0 Å². The van der Waals surface area contributed by atoms with E-state index >= 15 is 0 Å². The normalized spacial score (nSPS) is 20.6. The van der Waals surface area contributed by atoms with E-state index in [4.69, 9.17) is 14.3 Å². The monoisotopic (exact) mass is 292 g/mol. The summed E-state index contributed by atoms with van der Waals surface area (Å²) >= 11 is 0. The van der Waals surface area contributed by atoms with E-state index in [2.05, 4.69) is 13.8 Å². The molecule has 19 heavy (non-hydrogen) atoms. The summed E-state index contributed by atoms with van der Waals surface area (Å²) in [5.41, 5.74) is 0.404. The molecule has 114 valence electrons. The summed E-state index contributed by atoms with van der Waals surface area (Å²) in [5.74, 6) is 0. The summed E-state index contributed by atoms with van der Waals surface area (Å²) in [4.78, 5) is 17.7. The van der Waals surface area contributed by atoms with Gasteiger partial charge in [-0.15, -0.1) is 0 Å². The Morgan fingerprint density at radius 3 is 1.95 bits per heavy atom. The maximum atomic E-state index is 10.9. The van der Waals surface area contributed by atoms with Gasteiger partial charge in [0.2, 0.25) is 0 Å². The minimum absolute atomic E-state index is 0.253. The van der Waals surface area contributed by atoms with Gasteiger partial charge in [-0.3, -0.25) is 4.52 Å². The molecule has 0 unspecified atom stereocenters. The van der Waals surface area contributed by atoms with E-state index in [0.717, 1.165) is 25.7 Å². The van der Waals surface area contributed by atoms with E-state index in [0.29, 0.717) is 5.41 Å². The summed E-state index contributed by atoms with van der Waals surface area (Å²) < 4.78 is 15.7. The lowest BCUT2D eigenvalue weighted by Gasteiger charge is -2.40. The molecule has 1 fully saturated rings. The Morgan fingerprint density at radius 1 is 1.11 bits per heavy atom. The van der Waals surface area contributed by atoms with Gasteiger partial charge >= 0.3 is 7.82 Å². The highest BCUT2D eigenvalue weighted by Gasteiger charge is 2.36. The quantitative estimate of drug-likeness (QED) is 0.650. The van der Waals surface area contributed by atoms with E-state index in [9.17, 15) is 4.57 Å². The first kappa shape index (κ1) is 17.2. The second-order valence-electron chi connectivity index (χ2n) is 6.00. The Balaban J connectivity index is 2.50. The van der Waals surface area contributed by atoms with Crippen molar-refractivity contribution in [3.63, 3.8) is 0 Å². The van der Waals surface area contributed by atoms with Gasteiger partial charge in [-0.05, 0) is 43.9 Å². The lowest BCUT2D eigenvalue weighted by atomic mass is 9.67. The van der Waals surface area contributed by atoms with Crippen molar-refractivity contribution in [1.82, 2.24) is 0 Å². The molecule has 0 aliphatic heterocycles. The zero-order valence-electron chi connectivity index (χ0n) is 12.3. The highest BCUT2D eigenvalue weighted by atomic mass is 31.2. The van der Waals surface area contributed by atoms with E-state index in [-0.39, 0.29) is 6.10 Å². The van der Waals surface area contributed by atoms with Gasteiger partial charge in [0, 0.05) is 0 Å². The predicted molar refractivity (Wildman–Crippen MR) is 76.9 cm³/mol. The lowest BCUT2D eigenvalue weighted by molar-refractivity contribution is 0.0441. The highest BCUT2D eigenvalue weighted by molar-refractivity contribution is 7.46. The molecule has 1 aliphatic carbocycles. The molecule has 4 nitrogen and oxygen atoms in total. The van der Waals surface area contributed by atoms with Gasteiger partial charge in [-0.25, -0.2) is 4.57 Å². The number of unbranched alkanes of at least 4 members (excludes halogenated alkanes) is 2. The van der Waals surface area contributed by atoms with Crippen LogP contribution in [0.3, 0.4) is 0 Å². The lowest BCUT2D eigenvalue weighted by Crippen LogP contribution is -2.30. The molecule has 5 heteroatoms. The molecule has 2 N–H and O–H groups in total. The van der Waals surface area contributed by atoms with Crippen LogP contribution in [0, 0.1) is 5.41 Å². The molecule has 0 heterocycles. The first-order valence-corrected chi connectivity index (χ1v) is 9.18. The maximum Gasteiger partial charge on any atom is 0.469 e. The summed E-state index contributed by atoms with van der Waals surface area (Å²) in [6.07, 6.45) is 10.9. The van der Waals surface area contributed by atoms with Crippen molar-refractivity contribution in [3.05, 3.63) is 0 Å². The third-order valence-corrected chi connectivity index (χ3v) is 4.97. The van der Waals surface area contributed by atoms with Crippen LogP contribution in [0.5, 0.6) is 0 Å². The largest absolute Gasteiger partial charge is 0.469 e. The van der Waals surface area contributed by atoms with Gasteiger partial charge in [0.15, 0.2) is 0 Å². The molecule has 0 bridgehead atoms. The molecular formula is C14H29O4P. The fraction of sp³-hybridized carbons (Fsp3) is 1.00. The van der Waals surface area contributed by atoms with Gasteiger partial charge in [0.1, 0.15) is 0 Å². The molecule has 0 aromatic heterocycles. The van der Waals surface area contributed by atoms with Crippen molar-refractivity contribution in [1.29, 1.82) is 0 Å². The predicted octanol–water partition coefficient (Wildman–Crippen LogP) is 4.41. The van der Waals surface area contributed by atoms with Crippen molar-refractivity contribution in [3.8, 4) is 0 Å². The topological polar surface area (TPSA) is 66.8 Å². The van der Waals surface area contributed by atoms with Crippen LogP contribution in [-0.2, 0) is 9.09 Å². The van der Waals surface area contributed by atoms with Crippen LogP contribution in [0.2, 0.25) is 0 Å². The van der Waals surface area contributed by atoms with Crippen LogP contribution in [0.25, 0.3) is 0 Å². The van der Waals surface area contributed by atoms with Crippen LogP contribution >= 0.6 is 7.82 Å². The van der Waals surface area contributed by atoms with Crippen molar-refractivity contribution < 1.29 is 18.9 Å². The smallest absolute Gasteiger partial charge is 0.303 e. The fourth-order valence-electron chi connectivity index (χ4n) is 3.23. The van der Waals surface area contributed by atoms with Gasteiger partial charge in [-0.2, -0.15) is 0 Å².